The molecule has 160 valence electrons. The standard InChI is InChI=1S/C26H22N2O3S/c1-18-13-15-20(16-14-18)27-24-23(26(30)31-2)28(21-11-7-4-8-12-21)25(29)22(32-24)17-19-9-5-3-6-10-19/h3-17,27H,1-2H3/b22-17-. The number of benzene rings is 3. The SMILES string of the molecule is COC(=O)C1=C(Nc2ccc(C)cc2)S/C(=C\c2ccccc2)C(=O)N1c1ccccc1. The van der Waals surface area contributed by atoms with Gasteiger partial charge in [0, 0.05) is 11.4 Å². The van der Waals surface area contributed by atoms with Gasteiger partial charge in [-0.25, -0.2) is 4.79 Å². The van der Waals surface area contributed by atoms with Crippen LogP contribution in [-0.2, 0) is 14.3 Å². The molecule has 6 heteroatoms. The van der Waals surface area contributed by atoms with Crippen molar-refractivity contribution in [3.63, 3.8) is 0 Å². The minimum absolute atomic E-state index is 0.152. The van der Waals surface area contributed by atoms with E-state index in [4.69, 9.17) is 4.74 Å². The molecule has 4 rings (SSSR count). The lowest BCUT2D eigenvalue weighted by Gasteiger charge is -2.31. The van der Waals surface area contributed by atoms with Gasteiger partial charge in [0.25, 0.3) is 5.91 Å². The molecular weight excluding hydrogens is 420 g/mol. The largest absolute Gasteiger partial charge is 0.464 e. The van der Waals surface area contributed by atoms with E-state index < -0.39 is 5.97 Å². The van der Waals surface area contributed by atoms with Gasteiger partial charge in [0.2, 0.25) is 0 Å². The van der Waals surface area contributed by atoms with E-state index in [1.807, 2.05) is 85.8 Å². The van der Waals surface area contributed by atoms with Crippen LogP contribution in [0.4, 0.5) is 11.4 Å². The first-order valence-electron chi connectivity index (χ1n) is 10.1. The monoisotopic (exact) mass is 442 g/mol. The number of carbonyl (C=O) groups excluding carboxylic acids is 2. The third-order valence-corrected chi connectivity index (χ3v) is 5.88. The van der Waals surface area contributed by atoms with Crippen molar-refractivity contribution in [2.45, 2.75) is 6.92 Å². The second-order valence-electron chi connectivity index (χ2n) is 7.16. The van der Waals surface area contributed by atoms with Gasteiger partial charge in [-0.2, -0.15) is 0 Å². The highest BCUT2D eigenvalue weighted by Gasteiger charge is 2.37. The molecule has 1 heterocycles. The summed E-state index contributed by atoms with van der Waals surface area (Å²) in [5, 5.41) is 3.84. The van der Waals surface area contributed by atoms with Gasteiger partial charge in [-0.1, -0.05) is 78.0 Å². The molecule has 1 amide bonds. The summed E-state index contributed by atoms with van der Waals surface area (Å²) in [4.78, 5) is 28.3. The smallest absolute Gasteiger partial charge is 0.357 e. The highest BCUT2D eigenvalue weighted by molar-refractivity contribution is 8.08. The van der Waals surface area contributed by atoms with Gasteiger partial charge in [0.15, 0.2) is 5.70 Å². The molecule has 5 nitrogen and oxygen atoms in total. The number of nitrogens with one attached hydrogen (secondary N) is 1. The summed E-state index contributed by atoms with van der Waals surface area (Å²) in [6, 6.07) is 26.5. The van der Waals surface area contributed by atoms with E-state index in [0.717, 1.165) is 16.8 Å². The summed E-state index contributed by atoms with van der Waals surface area (Å²) >= 11 is 1.22. The molecule has 0 unspecified atom stereocenters. The van der Waals surface area contributed by atoms with E-state index in [-0.39, 0.29) is 11.6 Å². The van der Waals surface area contributed by atoms with Crippen LogP contribution in [0.15, 0.2) is 101 Å². The molecule has 3 aromatic rings. The summed E-state index contributed by atoms with van der Waals surface area (Å²) in [7, 11) is 1.31. The van der Waals surface area contributed by atoms with Crippen LogP contribution in [0.25, 0.3) is 6.08 Å². The van der Waals surface area contributed by atoms with Crippen molar-refractivity contribution in [1.29, 1.82) is 0 Å². The number of esters is 1. The second-order valence-corrected chi connectivity index (χ2v) is 8.21. The maximum Gasteiger partial charge on any atom is 0.357 e. The number of anilines is 2. The molecule has 0 bridgehead atoms. The highest BCUT2D eigenvalue weighted by Crippen LogP contribution is 2.40. The fourth-order valence-corrected chi connectivity index (χ4v) is 4.30. The van der Waals surface area contributed by atoms with E-state index in [1.165, 1.54) is 23.8 Å². The van der Waals surface area contributed by atoms with Crippen molar-refractivity contribution < 1.29 is 14.3 Å². The van der Waals surface area contributed by atoms with Gasteiger partial charge in [-0.15, -0.1) is 0 Å². The fraction of sp³-hybridized carbons (Fsp3) is 0.0769. The number of nitrogens with zero attached hydrogens (tertiary/aromatic N) is 1. The predicted octanol–water partition coefficient (Wildman–Crippen LogP) is 5.57. The van der Waals surface area contributed by atoms with Gasteiger partial charge >= 0.3 is 5.97 Å². The molecule has 0 fully saturated rings. The van der Waals surface area contributed by atoms with Crippen molar-refractivity contribution in [3.8, 4) is 0 Å². The third kappa shape index (κ3) is 4.60. The van der Waals surface area contributed by atoms with Crippen molar-refractivity contribution in [3.05, 3.63) is 112 Å². The highest BCUT2D eigenvalue weighted by atomic mass is 32.2. The van der Waals surface area contributed by atoms with Crippen molar-refractivity contribution in [2.24, 2.45) is 0 Å². The van der Waals surface area contributed by atoms with E-state index in [2.05, 4.69) is 5.32 Å². The summed E-state index contributed by atoms with van der Waals surface area (Å²) in [6.45, 7) is 2.01. The summed E-state index contributed by atoms with van der Waals surface area (Å²) in [5.74, 6) is -0.886. The molecule has 0 aliphatic carbocycles. The summed E-state index contributed by atoms with van der Waals surface area (Å²) in [5.41, 5.74) is 3.56. The van der Waals surface area contributed by atoms with Crippen molar-refractivity contribution in [2.75, 3.05) is 17.3 Å². The van der Waals surface area contributed by atoms with E-state index in [9.17, 15) is 9.59 Å². The Hall–Kier alpha value is -3.77. The van der Waals surface area contributed by atoms with Crippen LogP contribution in [0, 0.1) is 6.92 Å². The topological polar surface area (TPSA) is 58.6 Å². The minimum atomic E-state index is -0.594. The number of methoxy groups -OCH3 is 1. The maximum atomic E-state index is 13.6. The van der Waals surface area contributed by atoms with E-state index >= 15 is 0 Å². The number of carbonyl (C=O) groups is 2. The van der Waals surface area contributed by atoms with Gasteiger partial charge in [-0.3, -0.25) is 9.69 Å². The van der Waals surface area contributed by atoms with Crippen LogP contribution < -0.4 is 10.2 Å². The van der Waals surface area contributed by atoms with E-state index in [1.54, 1.807) is 12.1 Å². The lowest BCUT2D eigenvalue weighted by molar-refractivity contribution is -0.136. The molecular formula is C26H22N2O3S. The van der Waals surface area contributed by atoms with Crippen LogP contribution >= 0.6 is 11.8 Å². The number of rotatable bonds is 5. The van der Waals surface area contributed by atoms with Crippen LogP contribution in [-0.4, -0.2) is 19.0 Å². The molecule has 0 aromatic heterocycles. The summed E-state index contributed by atoms with van der Waals surface area (Å²) in [6.07, 6.45) is 1.83. The lowest BCUT2D eigenvalue weighted by atomic mass is 10.2. The van der Waals surface area contributed by atoms with Crippen LogP contribution in [0.1, 0.15) is 11.1 Å². The van der Waals surface area contributed by atoms with Crippen LogP contribution in [0.2, 0.25) is 0 Å². The molecule has 0 atom stereocenters. The minimum Gasteiger partial charge on any atom is -0.464 e. The molecule has 0 saturated heterocycles. The lowest BCUT2D eigenvalue weighted by Crippen LogP contribution is -2.39. The van der Waals surface area contributed by atoms with Gasteiger partial charge < -0.3 is 10.1 Å². The fourth-order valence-electron chi connectivity index (χ4n) is 3.26. The zero-order chi connectivity index (χ0) is 22.5. The zero-order valence-corrected chi connectivity index (χ0v) is 18.6. The molecule has 1 aliphatic rings. The Morgan fingerprint density at radius 1 is 0.938 bits per heavy atom. The molecule has 3 aromatic carbocycles. The Morgan fingerprint density at radius 3 is 2.19 bits per heavy atom. The van der Waals surface area contributed by atoms with Gasteiger partial charge in [0.05, 0.1) is 12.0 Å². The number of hydrogen-bond acceptors (Lipinski definition) is 5. The molecule has 0 saturated carbocycles. The quantitative estimate of drug-likeness (QED) is 0.413. The number of ether oxygens (including phenoxy) is 1. The first-order chi connectivity index (χ1) is 15.6. The first kappa shape index (κ1) is 21.5. The Balaban J connectivity index is 1.87. The normalized spacial score (nSPS) is 15.1. The first-order valence-corrected chi connectivity index (χ1v) is 10.9. The van der Waals surface area contributed by atoms with Crippen LogP contribution in [0.5, 0.6) is 0 Å². The average Bonchev–Trinajstić information content (AvgIpc) is 2.83. The van der Waals surface area contributed by atoms with Crippen molar-refractivity contribution >= 4 is 41.1 Å². The number of para-hydroxylation sites is 1. The second kappa shape index (κ2) is 9.58. The summed E-state index contributed by atoms with van der Waals surface area (Å²) < 4.78 is 5.07. The Labute approximate surface area is 191 Å². The van der Waals surface area contributed by atoms with Gasteiger partial charge in [-0.05, 0) is 42.8 Å². The number of aryl methyl sites for hydroxylation is 1. The number of hydrogen-bond donors (Lipinski definition) is 1. The van der Waals surface area contributed by atoms with Crippen molar-refractivity contribution in [1.82, 2.24) is 0 Å². The van der Waals surface area contributed by atoms with E-state index in [0.29, 0.717) is 15.6 Å². The van der Waals surface area contributed by atoms with Crippen LogP contribution in [0.3, 0.4) is 0 Å². The average molecular weight is 443 g/mol. The molecule has 32 heavy (non-hydrogen) atoms. The number of thioether (sulfide) groups is 1. The molecule has 0 spiro atoms. The molecule has 1 aliphatic heterocycles. The predicted molar refractivity (Wildman–Crippen MR) is 130 cm³/mol. The zero-order valence-electron chi connectivity index (χ0n) is 17.7. The third-order valence-electron chi connectivity index (χ3n) is 4.86. The van der Waals surface area contributed by atoms with Gasteiger partial charge in [0.1, 0.15) is 5.03 Å². The molecule has 0 radical (unpaired) electrons. The Kier molecular flexibility index (Phi) is 6.42. The Morgan fingerprint density at radius 2 is 1.56 bits per heavy atom. The molecule has 1 N–H and O–H groups in total. The maximum absolute atomic E-state index is 13.6. The number of amides is 1. The Bertz CT molecular complexity index is 1190.